The normalized spacial score (nSPS) is 10.0. The van der Waals surface area contributed by atoms with Crippen molar-refractivity contribution in [3.63, 3.8) is 0 Å². The maximum absolute atomic E-state index is 8.94. The van der Waals surface area contributed by atoms with Crippen LogP contribution in [0.1, 0.15) is 22.3 Å². The van der Waals surface area contributed by atoms with E-state index in [0.29, 0.717) is 21.2 Å². The maximum atomic E-state index is 8.94. The predicted molar refractivity (Wildman–Crippen MR) is 160 cm³/mol. The lowest BCUT2D eigenvalue weighted by atomic mass is 9.74. The fourth-order valence-electron chi connectivity index (χ4n) is 3.72. The fourth-order valence-corrected chi connectivity index (χ4v) is 4.58. The van der Waals surface area contributed by atoms with E-state index in [1.165, 1.54) is 16.7 Å². The molecule has 4 nitrogen and oxygen atoms in total. The van der Waals surface area contributed by atoms with E-state index in [1.54, 1.807) is 18.2 Å². The van der Waals surface area contributed by atoms with Crippen LogP contribution in [0.2, 0.25) is 10.0 Å². The van der Waals surface area contributed by atoms with Gasteiger partial charge in [-0.05, 0) is 102 Å². The van der Waals surface area contributed by atoms with E-state index in [-0.39, 0.29) is 0 Å². The largest absolute Gasteiger partial charge is 0.488 e. The van der Waals surface area contributed by atoms with Crippen LogP contribution in [0.4, 0.5) is 11.4 Å². The second-order valence-electron chi connectivity index (χ2n) is 8.34. The van der Waals surface area contributed by atoms with E-state index < -0.39 is 7.12 Å². The molecule has 0 atom stereocenters. The number of hydrogen-bond acceptors (Lipinski definition) is 4. The number of nitrogen functional groups attached to an aromatic ring is 2. The van der Waals surface area contributed by atoms with Crippen molar-refractivity contribution in [1.29, 1.82) is 0 Å². The summed E-state index contributed by atoms with van der Waals surface area (Å²) in [7, 11) is -1.35. The Bertz CT molecular complexity index is 1290. The first-order valence-corrected chi connectivity index (χ1v) is 12.7. The molecule has 36 heavy (non-hydrogen) atoms. The fraction of sp³-hybridized carbons (Fsp3) is 0.143. The quantitative estimate of drug-likeness (QED) is 0.152. The molecule has 0 aliphatic rings. The topological polar surface area (TPSA) is 92.5 Å². The Balaban J connectivity index is 0.000000200. The van der Waals surface area contributed by atoms with Gasteiger partial charge in [-0.25, -0.2) is 0 Å². The van der Waals surface area contributed by atoms with Gasteiger partial charge in [0.1, 0.15) is 0 Å². The number of benzene rings is 4. The first kappa shape index (κ1) is 29.8. The lowest BCUT2D eigenvalue weighted by molar-refractivity contribution is 0.425. The van der Waals surface area contributed by atoms with Crippen molar-refractivity contribution < 1.29 is 10.0 Å². The third kappa shape index (κ3) is 8.29. The molecule has 0 fully saturated rings. The Morgan fingerprint density at radius 2 is 1.11 bits per heavy atom. The summed E-state index contributed by atoms with van der Waals surface area (Å²) in [5, 5.41) is 19.3. The molecule has 0 saturated heterocycles. The minimum absolute atomic E-state index is 0.618. The molecule has 0 heterocycles. The van der Waals surface area contributed by atoms with Gasteiger partial charge in [-0.1, -0.05) is 70.7 Å². The van der Waals surface area contributed by atoms with Crippen molar-refractivity contribution in [2.24, 2.45) is 0 Å². The Morgan fingerprint density at radius 1 is 0.667 bits per heavy atom. The van der Waals surface area contributed by atoms with Crippen LogP contribution in [0.5, 0.6) is 0 Å². The highest BCUT2D eigenvalue weighted by atomic mass is 79.9. The molecular weight excluding hydrogens is 558 g/mol. The zero-order valence-electron chi connectivity index (χ0n) is 20.7. The molecule has 188 valence electrons. The van der Waals surface area contributed by atoms with E-state index in [4.69, 9.17) is 44.7 Å². The zero-order chi connectivity index (χ0) is 27.0. The van der Waals surface area contributed by atoms with Gasteiger partial charge in [0.15, 0.2) is 0 Å². The number of nitrogens with two attached hydrogens (primary N) is 2. The number of rotatable bonds is 2. The number of hydrogen-bond donors (Lipinski definition) is 4. The summed E-state index contributed by atoms with van der Waals surface area (Å²) in [6.45, 7) is 7.90. The highest BCUT2D eigenvalue weighted by molar-refractivity contribution is 9.10. The number of aryl methyl sites for hydroxylation is 4. The molecule has 0 aliphatic carbocycles. The van der Waals surface area contributed by atoms with Crippen molar-refractivity contribution in [3.8, 4) is 11.1 Å². The van der Waals surface area contributed by atoms with Crippen molar-refractivity contribution in [1.82, 2.24) is 0 Å². The second kappa shape index (κ2) is 13.7. The minimum atomic E-state index is -1.35. The summed E-state index contributed by atoms with van der Waals surface area (Å²) >= 11 is 14.9. The average molecular weight is 588 g/mol. The Hall–Kier alpha value is -2.48. The van der Waals surface area contributed by atoms with Gasteiger partial charge in [-0.15, -0.1) is 0 Å². The molecular formula is C28H30BBrCl2N2O2. The minimum Gasteiger partial charge on any atom is -0.423 e. The van der Waals surface area contributed by atoms with Crippen molar-refractivity contribution in [2.45, 2.75) is 27.7 Å². The van der Waals surface area contributed by atoms with Crippen LogP contribution in [0.25, 0.3) is 11.1 Å². The van der Waals surface area contributed by atoms with Gasteiger partial charge in [0.25, 0.3) is 0 Å². The summed E-state index contributed by atoms with van der Waals surface area (Å²) in [5.41, 5.74) is 20.0. The van der Waals surface area contributed by atoms with E-state index in [0.717, 1.165) is 26.9 Å². The van der Waals surface area contributed by atoms with E-state index in [2.05, 4.69) is 48.0 Å². The Kier molecular flexibility index (Phi) is 11.3. The highest BCUT2D eigenvalue weighted by Gasteiger charge is 2.15. The van der Waals surface area contributed by atoms with Gasteiger partial charge < -0.3 is 21.5 Å². The lowest BCUT2D eigenvalue weighted by Crippen LogP contribution is -2.34. The molecule has 0 spiro atoms. The molecule has 0 saturated carbocycles. The van der Waals surface area contributed by atoms with Crippen LogP contribution in [0, 0.1) is 27.7 Å². The van der Waals surface area contributed by atoms with Gasteiger partial charge in [0.2, 0.25) is 0 Å². The standard InChI is InChI=1S/C14H14ClN.C8H11BO2.C6H5BrClN/c1-9-4-3-5-10(2)14(9)12-8-11(15)6-7-13(12)16;1-6-4-3-5-7(2)8(6)9(10)11;7-5-3-4(8)1-2-6(5)9/h3-8H,16H2,1-2H3;3-5,10-11H,1-2H3;1-3H,9H2. The van der Waals surface area contributed by atoms with Crippen LogP contribution >= 0.6 is 39.1 Å². The maximum Gasteiger partial charge on any atom is 0.488 e. The second-order valence-corrected chi connectivity index (χ2v) is 10.1. The first-order valence-electron chi connectivity index (χ1n) is 11.2. The summed E-state index contributed by atoms with van der Waals surface area (Å²) in [4.78, 5) is 0. The summed E-state index contributed by atoms with van der Waals surface area (Å²) in [6, 6.07) is 22.7. The summed E-state index contributed by atoms with van der Waals surface area (Å²) in [6.07, 6.45) is 0. The van der Waals surface area contributed by atoms with E-state index >= 15 is 0 Å². The molecule has 0 aliphatic heterocycles. The monoisotopic (exact) mass is 586 g/mol. The van der Waals surface area contributed by atoms with Crippen LogP contribution in [0.15, 0.2) is 77.3 Å². The number of halogens is 3. The van der Waals surface area contributed by atoms with Crippen LogP contribution < -0.4 is 16.9 Å². The lowest BCUT2D eigenvalue weighted by Gasteiger charge is -2.12. The molecule has 0 amide bonds. The molecule has 4 aromatic carbocycles. The number of anilines is 2. The predicted octanol–water partition coefficient (Wildman–Crippen LogP) is 6.87. The highest BCUT2D eigenvalue weighted by Crippen LogP contribution is 2.33. The molecule has 0 unspecified atom stereocenters. The van der Waals surface area contributed by atoms with Crippen molar-refractivity contribution in [3.05, 3.63) is 110 Å². The van der Waals surface area contributed by atoms with Crippen LogP contribution in [-0.4, -0.2) is 17.2 Å². The third-order valence-corrected chi connectivity index (χ3v) is 6.69. The molecule has 4 aromatic rings. The zero-order valence-corrected chi connectivity index (χ0v) is 23.8. The SMILES string of the molecule is Cc1cccc(C)c1-c1cc(Cl)ccc1N.Cc1cccc(C)c1B(O)O.Nc1ccc(Cl)cc1Br. The third-order valence-electron chi connectivity index (χ3n) is 5.53. The summed E-state index contributed by atoms with van der Waals surface area (Å²) in [5.74, 6) is 0. The molecule has 6 N–H and O–H groups in total. The van der Waals surface area contributed by atoms with Crippen molar-refractivity contribution >= 4 is 63.1 Å². The van der Waals surface area contributed by atoms with Crippen LogP contribution in [0.3, 0.4) is 0 Å². The molecule has 0 aromatic heterocycles. The average Bonchev–Trinajstić information content (AvgIpc) is 2.79. The van der Waals surface area contributed by atoms with Gasteiger partial charge in [-0.3, -0.25) is 0 Å². The van der Waals surface area contributed by atoms with Gasteiger partial charge >= 0.3 is 7.12 Å². The molecule has 4 rings (SSSR count). The summed E-state index contributed by atoms with van der Waals surface area (Å²) < 4.78 is 0.843. The first-order chi connectivity index (χ1) is 16.9. The molecule has 0 radical (unpaired) electrons. The molecule has 8 heteroatoms. The Labute approximate surface area is 232 Å². The molecule has 0 bridgehead atoms. The van der Waals surface area contributed by atoms with E-state index in [1.807, 2.05) is 50.2 Å². The van der Waals surface area contributed by atoms with E-state index in [9.17, 15) is 0 Å². The van der Waals surface area contributed by atoms with Crippen LogP contribution in [-0.2, 0) is 0 Å². The van der Waals surface area contributed by atoms with Crippen molar-refractivity contribution in [2.75, 3.05) is 11.5 Å². The van der Waals surface area contributed by atoms with Gasteiger partial charge in [0.05, 0.1) is 0 Å². The van der Waals surface area contributed by atoms with Gasteiger partial charge in [0, 0.05) is 31.5 Å². The van der Waals surface area contributed by atoms with Gasteiger partial charge in [-0.2, -0.15) is 0 Å². The smallest absolute Gasteiger partial charge is 0.423 e. The Morgan fingerprint density at radius 3 is 1.53 bits per heavy atom.